The zero-order valence-electron chi connectivity index (χ0n) is 14.3. The van der Waals surface area contributed by atoms with Crippen LogP contribution in [0.3, 0.4) is 0 Å². The lowest BCUT2D eigenvalue weighted by atomic mass is 9.81. The molecule has 1 aromatic heterocycles. The highest BCUT2D eigenvalue weighted by molar-refractivity contribution is 7.07. The van der Waals surface area contributed by atoms with Crippen molar-refractivity contribution in [2.24, 2.45) is 11.7 Å². The van der Waals surface area contributed by atoms with Gasteiger partial charge in [0.25, 0.3) is 0 Å². The molecule has 2 heteroatoms. The lowest BCUT2D eigenvalue weighted by Crippen LogP contribution is -2.22. The van der Waals surface area contributed by atoms with Gasteiger partial charge in [-0.25, -0.2) is 0 Å². The first-order chi connectivity index (χ1) is 12.4. The average Bonchev–Trinajstić information content (AvgIpc) is 3.27. The molecule has 1 aliphatic carbocycles. The van der Waals surface area contributed by atoms with E-state index in [1.54, 1.807) is 11.3 Å². The van der Waals surface area contributed by atoms with Crippen LogP contribution in [0.15, 0.2) is 71.4 Å². The third-order valence-electron chi connectivity index (χ3n) is 5.21. The molecule has 0 spiro atoms. The molecular weight excluding hydrogens is 322 g/mol. The van der Waals surface area contributed by atoms with Gasteiger partial charge in [0, 0.05) is 0 Å². The third-order valence-corrected chi connectivity index (χ3v) is 5.84. The third kappa shape index (κ3) is 3.33. The minimum Gasteiger partial charge on any atom is -0.330 e. The van der Waals surface area contributed by atoms with Gasteiger partial charge in [-0.1, -0.05) is 60.7 Å². The summed E-state index contributed by atoms with van der Waals surface area (Å²) in [4.78, 5) is 0. The molecule has 0 fully saturated rings. The molecule has 4 aromatic rings. The average molecular weight is 346 g/mol. The summed E-state index contributed by atoms with van der Waals surface area (Å²) in [6.45, 7) is 0.809. The predicted octanol–water partition coefficient (Wildman–Crippen LogP) is 5.80. The van der Waals surface area contributed by atoms with Gasteiger partial charge in [-0.3, -0.25) is 0 Å². The van der Waals surface area contributed by atoms with Gasteiger partial charge < -0.3 is 5.73 Å². The van der Waals surface area contributed by atoms with E-state index in [0.29, 0.717) is 5.92 Å². The molecule has 0 saturated heterocycles. The standard InChI is InChI=1S/C19H19N.C4H4S/c20-12-13-5-6-15-8-9-17-16-4-2-1-3-14(16)7-10-18(17)19(15)11-13;1-2-4-5-3-1/h1-4,7-10,13H,5-6,11-12,20H2;1-4H. The fourth-order valence-electron chi connectivity index (χ4n) is 3.85. The lowest BCUT2D eigenvalue weighted by molar-refractivity contribution is 0.471. The summed E-state index contributed by atoms with van der Waals surface area (Å²) in [5.41, 5.74) is 8.96. The van der Waals surface area contributed by atoms with Gasteiger partial charge >= 0.3 is 0 Å². The van der Waals surface area contributed by atoms with Crippen molar-refractivity contribution in [2.45, 2.75) is 19.3 Å². The van der Waals surface area contributed by atoms with E-state index in [0.717, 1.165) is 13.0 Å². The van der Waals surface area contributed by atoms with Crippen molar-refractivity contribution in [3.63, 3.8) is 0 Å². The van der Waals surface area contributed by atoms with Gasteiger partial charge in [0.2, 0.25) is 0 Å². The Bertz CT molecular complexity index is 955. The molecule has 1 atom stereocenters. The molecule has 1 nitrogen and oxygen atoms in total. The summed E-state index contributed by atoms with van der Waals surface area (Å²) in [7, 11) is 0. The zero-order valence-corrected chi connectivity index (χ0v) is 15.1. The molecule has 1 aliphatic rings. The minimum atomic E-state index is 0.652. The van der Waals surface area contributed by atoms with Gasteiger partial charge in [-0.15, -0.1) is 0 Å². The second-order valence-corrected chi connectivity index (χ2v) is 7.54. The highest BCUT2D eigenvalue weighted by Crippen LogP contribution is 2.34. The number of benzene rings is 3. The van der Waals surface area contributed by atoms with Crippen LogP contribution in [0.4, 0.5) is 0 Å². The van der Waals surface area contributed by atoms with Crippen LogP contribution in [0.25, 0.3) is 21.5 Å². The Kier molecular flexibility index (Phi) is 4.82. The summed E-state index contributed by atoms with van der Waals surface area (Å²) >= 11 is 1.71. The normalized spacial score (nSPS) is 16.3. The van der Waals surface area contributed by atoms with E-state index in [4.69, 9.17) is 5.73 Å². The zero-order chi connectivity index (χ0) is 17.1. The van der Waals surface area contributed by atoms with E-state index in [2.05, 4.69) is 48.5 Å². The van der Waals surface area contributed by atoms with Gasteiger partial charge in [0.15, 0.2) is 0 Å². The number of rotatable bonds is 1. The second kappa shape index (κ2) is 7.38. The van der Waals surface area contributed by atoms with Crippen LogP contribution in [-0.2, 0) is 12.8 Å². The molecule has 5 rings (SSSR count). The fraction of sp³-hybridized carbons (Fsp3) is 0.217. The Hall–Kier alpha value is -2.16. The van der Waals surface area contributed by atoms with E-state index in [-0.39, 0.29) is 0 Å². The van der Waals surface area contributed by atoms with Crippen LogP contribution in [0.1, 0.15) is 17.5 Å². The smallest absolute Gasteiger partial charge is 0.00456 e. The highest BCUT2D eigenvalue weighted by Gasteiger charge is 2.19. The van der Waals surface area contributed by atoms with E-state index in [1.807, 2.05) is 22.9 Å². The first-order valence-electron chi connectivity index (χ1n) is 8.96. The molecule has 0 amide bonds. The van der Waals surface area contributed by atoms with Crippen molar-refractivity contribution in [3.05, 3.63) is 82.6 Å². The van der Waals surface area contributed by atoms with Crippen molar-refractivity contribution in [3.8, 4) is 0 Å². The summed E-state index contributed by atoms with van der Waals surface area (Å²) in [6.07, 6.45) is 3.56. The number of nitrogens with two attached hydrogens (primary N) is 1. The Balaban J connectivity index is 0.000000272. The van der Waals surface area contributed by atoms with Crippen molar-refractivity contribution >= 4 is 32.9 Å². The van der Waals surface area contributed by atoms with E-state index < -0.39 is 0 Å². The lowest BCUT2D eigenvalue weighted by Gasteiger charge is -2.25. The van der Waals surface area contributed by atoms with E-state index in [9.17, 15) is 0 Å². The predicted molar refractivity (Wildman–Crippen MR) is 110 cm³/mol. The first kappa shape index (κ1) is 16.3. The second-order valence-electron chi connectivity index (χ2n) is 6.72. The van der Waals surface area contributed by atoms with E-state index in [1.165, 1.54) is 45.5 Å². The number of hydrogen-bond acceptors (Lipinski definition) is 2. The molecule has 126 valence electrons. The first-order valence-corrected chi connectivity index (χ1v) is 9.90. The van der Waals surface area contributed by atoms with Crippen molar-refractivity contribution < 1.29 is 0 Å². The molecule has 1 unspecified atom stereocenters. The largest absolute Gasteiger partial charge is 0.330 e. The van der Waals surface area contributed by atoms with Crippen LogP contribution in [0.2, 0.25) is 0 Å². The van der Waals surface area contributed by atoms with Gasteiger partial charge in [0.1, 0.15) is 0 Å². The van der Waals surface area contributed by atoms with Gasteiger partial charge in [-0.05, 0) is 75.2 Å². The SMILES string of the molecule is NCC1CCc2ccc3c(ccc4ccccc43)c2C1.c1ccsc1. The summed E-state index contributed by atoms with van der Waals surface area (Å²) < 4.78 is 0. The number of hydrogen-bond donors (Lipinski definition) is 1. The van der Waals surface area contributed by atoms with Gasteiger partial charge in [0.05, 0.1) is 0 Å². The van der Waals surface area contributed by atoms with Crippen molar-refractivity contribution in [1.29, 1.82) is 0 Å². The Morgan fingerprint density at radius 1 is 0.840 bits per heavy atom. The maximum absolute atomic E-state index is 5.89. The quantitative estimate of drug-likeness (QED) is 0.433. The fourth-order valence-corrected chi connectivity index (χ4v) is 4.30. The number of aryl methyl sites for hydroxylation is 1. The Morgan fingerprint density at radius 3 is 2.40 bits per heavy atom. The minimum absolute atomic E-state index is 0.652. The van der Waals surface area contributed by atoms with Crippen LogP contribution in [-0.4, -0.2) is 6.54 Å². The Morgan fingerprint density at radius 2 is 1.64 bits per heavy atom. The monoisotopic (exact) mass is 345 g/mol. The molecule has 1 heterocycles. The van der Waals surface area contributed by atoms with Crippen LogP contribution in [0, 0.1) is 5.92 Å². The van der Waals surface area contributed by atoms with Gasteiger partial charge in [-0.2, -0.15) is 11.3 Å². The topological polar surface area (TPSA) is 26.0 Å². The molecule has 3 aromatic carbocycles. The number of fused-ring (bicyclic) bond motifs is 5. The van der Waals surface area contributed by atoms with Crippen molar-refractivity contribution in [2.75, 3.05) is 6.54 Å². The van der Waals surface area contributed by atoms with Crippen LogP contribution in [0.5, 0.6) is 0 Å². The molecule has 0 radical (unpaired) electrons. The molecule has 25 heavy (non-hydrogen) atoms. The molecule has 0 saturated carbocycles. The molecule has 0 aliphatic heterocycles. The summed E-state index contributed by atoms with van der Waals surface area (Å²) in [5.74, 6) is 0.652. The van der Waals surface area contributed by atoms with E-state index >= 15 is 0 Å². The van der Waals surface area contributed by atoms with Crippen LogP contribution < -0.4 is 5.73 Å². The van der Waals surface area contributed by atoms with Crippen molar-refractivity contribution in [1.82, 2.24) is 0 Å². The maximum Gasteiger partial charge on any atom is -0.00456 e. The number of thiophene rings is 1. The summed E-state index contributed by atoms with van der Waals surface area (Å²) in [6, 6.07) is 21.9. The molecule has 2 N–H and O–H groups in total. The molecule has 0 bridgehead atoms. The summed E-state index contributed by atoms with van der Waals surface area (Å²) in [5, 5.41) is 9.59. The highest BCUT2D eigenvalue weighted by atomic mass is 32.1. The van der Waals surface area contributed by atoms with Crippen LogP contribution >= 0.6 is 11.3 Å². The maximum atomic E-state index is 5.89. The molecular formula is C23H23NS. The Labute approximate surface area is 153 Å².